The van der Waals surface area contributed by atoms with Gasteiger partial charge in [-0.15, -0.1) is 0 Å². The van der Waals surface area contributed by atoms with Crippen molar-refractivity contribution in [2.45, 2.75) is 26.2 Å². The van der Waals surface area contributed by atoms with E-state index in [9.17, 15) is 18.0 Å². The van der Waals surface area contributed by atoms with Gasteiger partial charge in [0.15, 0.2) is 17.4 Å². The molecule has 10 heteroatoms. The summed E-state index contributed by atoms with van der Waals surface area (Å²) in [4.78, 5) is 23.2. The van der Waals surface area contributed by atoms with E-state index < -0.39 is 34.7 Å². The van der Waals surface area contributed by atoms with Gasteiger partial charge in [0.2, 0.25) is 5.82 Å². The number of aryl methyl sites for hydroxylation is 1. The molecule has 0 atom stereocenters. The highest BCUT2D eigenvalue weighted by Gasteiger charge is 2.23. The number of carbonyl (C=O) groups excluding carboxylic acids is 1. The summed E-state index contributed by atoms with van der Waals surface area (Å²) in [5, 5.41) is 5.55. The lowest BCUT2D eigenvalue weighted by molar-refractivity contribution is 0.0949. The first kappa shape index (κ1) is 21.7. The summed E-state index contributed by atoms with van der Waals surface area (Å²) in [6.45, 7) is 4.12. The molecule has 162 valence electrons. The summed E-state index contributed by atoms with van der Waals surface area (Å²) < 4.78 is 45.8. The predicted octanol–water partition coefficient (Wildman–Crippen LogP) is 3.04. The highest BCUT2D eigenvalue weighted by Crippen LogP contribution is 2.27. The second-order valence-electron chi connectivity index (χ2n) is 6.96. The normalized spacial score (nSPS) is 13.8. The summed E-state index contributed by atoms with van der Waals surface area (Å²) in [6.07, 6.45) is 3.47. The van der Waals surface area contributed by atoms with E-state index in [0.717, 1.165) is 38.9 Å². The SMILES string of the molecule is COc1c(F)c(F)cc(C(=O)NCCNc2cc(N3CCCCC3)nc(C)n2)c1F. The standard InChI is InChI=1S/C20H24F3N5O2/c1-12-26-15(11-16(27-12)28-8-4-3-5-9-28)24-6-7-25-20(29)13-10-14(21)18(23)19(30-2)17(13)22/h10-11H,3-9H2,1-2H3,(H,25,29)(H,24,26,27). The Labute approximate surface area is 172 Å². The lowest BCUT2D eigenvalue weighted by Crippen LogP contribution is -2.31. The Kier molecular flexibility index (Phi) is 6.96. The molecule has 0 radical (unpaired) electrons. The molecule has 1 aromatic heterocycles. The molecule has 0 spiro atoms. The Balaban J connectivity index is 1.58. The second kappa shape index (κ2) is 9.64. The van der Waals surface area contributed by atoms with Crippen LogP contribution < -0.4 is 20.3 Å². The molecule has 0 saturated carbocycles. The number of halogens is 3. The Morgan fingerprint density at radius 3 is 2.53 bits per heavy atom. The van der Waals surface area contributed by atoms with Crippen molar-refractivity contribution in [3.8, 4) is 5.75 Å². The first-order valence-electron chi connectivity index (χ1n) is 9.75. The molecule has 0 bridgehead atoms. The van der Waals surface area contributed by atoms with Crippen molar-refractivity contribution >= 4 is 17.5 Å². The number of nitrogens with one attached hydrogen (secondary N) is 2. The van der Waals surface area contributed by atoms with Crippen LogP contribution in [0.4, 0.5) is 24.8 Å². The first-order valence-corrected chi connectivity index (χ1v) is 9.75. The quantitative estimate of drug-likeness (QED) is 0.527. The lowest BCUT2D eigenvalue weighted by Gasteiger charge is -2.28. The molecule has 1 aliphatic heterocycles. The fraction of sp³-hybridized carbons (Fsp3) is 0.450. The Hall–Kier alpha value is -3.04. The molecule has 30 heavy (non-hydrogen) atoms. The van der Waals surface area contributed by atoms with Crippen molar-refractivity contribution in [1.29, 1.82) is 0 Å². The third-order valence-electron chi connectivity index (χ3n) is 4.79. The maximum absolute atomic E-state index is 14.2. The summed E-state index contributed by atoms with van der Waals surface area (Å²) >= 11 is 0. The van der Waals surface area contributed by atoms with Crippen molar-refractivity contribution < 1.29 is 22.7 Å². The molecule has 0 aliphatic carbocycles. The van der Waals surface area contributed by atoms with Crippen molar-refractivity contribution in [2.75, 3.05) is 43.5 Å². The van der Waals surface area contributed by atoms with Crippen molar-refractivity contribution in [3.63, 3.8) is 0 Å². The molecule has 0 unspecified atom stereocenters. The maximum Gasteiger partial charge on any atom is 0.254 e. The molecular weight excluding hydrogens is 399 g/mol. The summed E-state index contributed by atoms with van der Waals surface area (Å²) in [5.41, 5.74) is -0.629. The Morgan fingerprint density at radius 1 is 1.10 bits per heavy atom. The van der Waals surface area contributed by atoms with Gasteiger partial charge in [-0.05, 0) is 32.3 Å². The van der Waals surface area contributed by atoms with Crippen LogP contribution in [-0.4, -0.2) is 49.2 Å². The third-order valence-corrected chi connectivity index (χ3v) is 4.79. The number of hydrogen-bond acceptors (Lipinski definition) is 6. The van der Waals surface area contributed by atoms with E-state index in [1.54, 1.807) is 6.92 Å². The second-order valence-corrected chi connectivity index (χ2v) is 6.96. The number of ether oxygens (including phenoxy) is 1. The minimum Gasteiger partial charge on any atom is -0.491 e. The smallest absolute Gasteiger partial charge is 0.254 e. The number of amides is 1. The van der Waals surface area contributed by atoms with E-state index in [2.05, 4.69) is 30.2 Å². The van der Waals surface area contributed by atoms with Crippen LogP contribution in [0.5, 0.6) is 5.75 Å². The average molecular weight is 423 g/mol. The summed E-state index contributed by atoms with van der Waals surface area (Å²) in [5.74, 6) is -3.81. The van der Waals surface area contributed by atoms with Gasteiger partial charge in [-0.25, -0.2) is 18.7 Å². The van der Waals surface area contributed by atoms with Crippen molar-refractivity contribution in [3.05, 3.63) is 41.0 Å². The molecule has 2 heterocycles. The zero-order valence-electron chi connectivity index (χ0n) is 16.9. The number of hydrogen-bond donors (Lipinski definition) is 2. The summed E-state index contributed by atoms with van der Waals surface area (Å²) in [6, 6.07) is 2.36. The topological polar surface area (TPSA) is 79.4 Å². The minimum absolute atomic E-state index is 0.113. The molecule has 1 amide bonds. The fourth-order valence-corrected chi connectivity index (χ4v) is 3.31. The van der Waals surface area contributed by atoms with Crippen LogP contribution in [-0.2, 0) is 0 Å². The average Bonchev–Trinajstić information content (AvgIpc) is 2.74. The number of piperidine rings is 1. The maximum atomic E-state index is 14.2. The van der Waals surface area contributed by atoms with Crippen LogP contribution in [0.25, 0.3) is 0 Å². The zero-order chi connectivity index (χ0) is 21.7. The monoisotopic (exact) mass is 423 g/mol. The largest absolute Gasteiger partial charge is 0.491 e. The van der Waals surface area contributed by atoms with Crippen molar-refractivity contribution in [1.82, 2.24) is 15.3 Å². The molecule has 1 aromatic carbocycles. The van der Waals surface area contributed by atoms with E-state index in [1.165, 1.54) is 6.42 Å². The third kappa shape index (κ3) is 4.92. The predicted molar refractivity (Wildman–Crippen MR) is 107 cm³/mol. The van der Waals surface area contributed by atoms with Gasteiger partial charge in [-0.1, -0.05) is 0 Å². The van der Waals surface area contributed by atoms with Crippen LogP contribution in [0.3, 0.4) is 0 Å². The number of aromatic nitrogens is 2. The number of nitrogens with zero attached hydrogens (tertiary/aromatic N) is 3. The van der Waals surface area contributed by atoms with Crippen LogP contribution in [0.1, 0.15) is 35.4 Å². The fourth-order valence-electron chi connectivity index (χ4n) is 3.31. The van der Waals surface area contributed by atoms with E-state index in [1.807, 2.05) is 6.07 Å². The summed E-state index contributed by atoms with van der Waals surface area (Å²) in [7, 11) is 0.994. The molecule has 1 saturated heterocycles. The number of rotatable bonds is 7. The number of carbonyl (C=O) groups is 1. The molecule has 3 rings (SSSR count). The Bertz CT molecular complexity index is 920. The number of anilines is 2. The highest BCUT2D eigenvalue weighted by molar-refractivity contribution is 5.95. The van der Waals surface area contributed by atoms with Gasteiger partial charge in [0, 0.05) is 32.2 Å². The minimum atomic E-state index is -1.48. The van der Waals surface area contributed by atoms with Crippen LogP contribution in [0.15, 0.2) is 12.1 Å². The van der Waals surface area contributed by atoms with Gasteiger partial charge in [-0.2, -0.15) is 4.39 Å². The van der Waals surface area contributed by atoms with Gasteiger partial charge in [0.25, 0.3) is 5.91 Å². The molecule has 7 nitrogen and oxygen atoms in total. The zero-order valence-corrected chi connectivity index (χ0v) is 16.9. The number of methoxy groups -OCH3 is 1. The van der Waals surface area contributed by atoms with Crippen LogP contribution in [0, 0.1) is 24.4 Å². The molecule has 1 fully saturated rings. The molecule has 2 aromatic rings. The van der Waals surface area contributed by atoms with E-state index in [0.29, 0.717) is 24.3 Å². The van der Waals surface area contributed by atoms with Gasteiger partial charge < -0.3 is 20.3 Å². The van der Waals surface area contributed by atoms with Gasteiger partial charge in [-0.3, -0.25) is 4.79 Å². The van der Waals surface area contributed by atoms with Crippen LogP contribution >= 0.6 is 0 Å². The Morgan fingerprint density at radius 2 is 1.83 bits per heavy atom. The van der Waals surface area contributed by atoms with Gasteiger partial charge in [0.05, 0.1) is 12.7 Å². The van der Waals surface area contributed by atoms with E-state index in [-0.39, 0.29) is 6.54 Å². The van der Waals surface area contributed by atoms with Crippen molar-refractivity contribution in [2.24, 2.45) is 0 Å². The van der Waals surface area contributed by atoms with Gasteiger partial charge in [0.1, 0.15) is 17.5 Å². The molecular formula is C20H24F3N5O2. The first-order chi connectivity index (χ1) is 14.4. The van der Waals surface area contributed by atoms with Crippen LogP contribution in [0.2, 0.25) is 0 Å². The molecule has 1 aliphatic rings. The van der Waals surface area contributed by atoms with E-state index in [4.69, 9.17) is 0 Å². The lowest BCUT2D eigenvalue weighted by atomic mass is 10.1. The molecule has 2 N–H and O–H groups in total. The van der Waals surface area contributed by atoms with E-state index >= 15 is 0 Å². The number of benzene rings is 1. The van der Waals surface area contributed by atoms with Gasteiger partial charge >= 0.3 is 0 Å². The highest BCUT2D eigenvalue weighted by atomic mass is 19.2.